The number of ether oxygens (including phenoxy) is 1. The third kappa shape index (κ3) is 2.69. The molecule has 0 radical (unpaired) electrons. The van der Waals surface area contributed by atoms with Crippen LogP contribution in [0.1, 0.15) is 25.6 Å². The van der Waals surface area contributed by atoms with Crippen molar-refractivity contribution in [3.63, 3.8) is 0 Å². The largest absolute Gasteiger partial charge is 0.513 e. The topological polar surface area (TPSA) is 59.4 Å². The summed E-state index contributed by atoms with van der Waals surface area (Å²) in [7, 11) is 0. The highest BCUT2D eigenvalue weighted by atomic mass is 32.1. The zero-order chi connectivity index (χ0) is 10.1. The summed E-state index contributed by atoms with van der Waals surface area (Å²) < 4.78 is 4.41. The summed E-state index contributed by atoms with van der Waals surface area (Å²) in [5, 5.41) is 8.50. The van der Waals surface area contributed by atoms with Gasteiger partial charge in [-0.25, -0.2) is 9.78 Å². The minimum absolute atomic E-state index is 0.0161. The van der Waals surface area contributed by atoms with Gasteiger partial charge >= 0.3 is 6.16 Å². The van der Waals surface area contributed by atoms with Crippen molar-refractivity contribution in [1.29, 1.82) is 0 Å². The van der Waals surface area contributed by atoms with Crippen molar-refractivity contribution in [1.82, 2.24) is 4.98 Å². The second-order valence-electron chi connectivity index (χ2n) is 3.61. The van der Waals surface area contributed by atoms with Gasteiger partial charge in [0.05, 0.1) is 0 Å². The maximum absolute atomic E-state index is 10.2. The number of carboxylic acid groups (broad SMARTS) is 1. The molecule has 13 heavy (non-hydrogen) atoms. The Morgan fingerprint density at radius 2 is 2.23 bits per heavy atom. The lowest BCUT2D eigenvalue weighted by Gasteiger charge is -2.13. The summed E-state index contributed by atoms with van der Waals surface area (Å²) in [5.74, 6) is 0. The number of hydrogen-bond donors (Lipinski definition) is 1. The molecular weight excluding hydrogens is 190 g/mol. The molecule has 0 aliphatic heterocycles. The molecule has 0 fully saturated rings. The molecule has 0 amide bonds. The third-order valence-electron chi connectivity index (χ3n) is 1.40. The highest BCUT2D eigenvalue weighted by Crippen LogP contribution is 2.31. The van der Waals surface area contributed by atoms with Crippen LogP contribution in [-0.2, 0) is 5.41 Å². The van der Waals surface area contributed by atoms with E-state index < -0.39 is 6.16 Å². The Labute approximate surface area is 80.2 Å². The molecule has 0 saturated carbocycles. The van der Waals surface area contributed by atoms with E-state index in [1.807, 2.05) is 20.8 Å². The van der Waals surface area contributed by atoms with Crippen LogP contribution < -0.4 is 4.74 Å². The van der Waals surface area contributed by atoms with Crippen LogP contribution >= 0.6 is 11.3 Å². The van der Waals surface area contributed by atoms with Crippen molar-refractivity contribution in [3.8, 4) is 5.19 Å². The van der Waals surface area contributed by atoms with Gasteiger partial charge in [0, 0.05) is 11.1 Å². The molecule has 0 bridgehead atoms. The zero-order valence-electron chi connectivity index (χ0n) is 7.70. The molecule has 72 valence electrons. The van der Waals surface area contributed by atoms with E-state index in [0.29, 0.717) is 0 Å². The van der Waals surface area contributed by atoms with Gasteiger partial charge in [-0.3, -0.25) is 0 Å². The van der Waals surface area contributed by atoms with E-state index in [1.54, 1.807) is 6.20 Å². The predicted molar refractivity (Wildman–Crippen MR) is 49.5 cm³/mol. The van der Waals surface area contributed by atoms with E-state index in [9.17, 15) is 4.79 Å². The molecule has 1 aromatic heterocycles. The van der Waals surface area contributed by atoms with Gasteiger partial charge in [0.1, 0.15) is 0 Å². The van der Waals surface area contributed by atoms with Gasteiger partial charge in [0.25, 0.3) is 5.19 Å². The van der Waals surface area contributed by atoms with E-state index in [1.165, 1.54) is 11.3 Å². The lowest BCUT2D eigenvalue weighted by atomic mass is 9.96. The number of carbonyl (C=O) groups is 1. The molecular formula is C8H11NO3S. The highest BCUT2D eigenvalue weighted by Gasteiger charge is 2.18. The Kier molecular flexibility index (Phi) is 2.56. The van der Waals surface area contributed by atoms with Gasteiger partial charge in [-0.15, -0.1) is 0 Å². The van der Waals surface area contributed by atoms with Crippen molar-refractivity contribution in [2.45, 2.75) is 26.2 Å². The molecule has 0 saturated heterocycles. The quantitative estimate of drug-likeness (QED) is 0.709. The molecule has 0 unspecified atom stereocenters. The summed E-state index contributed by atoms with van der Waals surface area (Å²) >= 11 is 1.25. The summed E-state index contributed by atoms with van der Waals surface area (Å²) in [5.41, 5.74) is -0.0161. The Bertz CT molecular complexity index is 313. The molecule has 0 atom stereocenters. The van der Waals surface area contributed by atoms with Crippen LogP contribution in [0.15, 0.2) is 6.20 Å². The molecule has 0 aliphatic carbocycles. The minimum Gasteiger partial charge on any atom is -0.449 e. The highest BCUT2D eigenvalue weighted by molar-refractivity contribution is 7.13. The lowest BCUT2D eigenvalue weighted by molar-refractivity contribution is 0.144. The predicted octanol–water partition coefficient (Wildman–Crippen LogP) is 2.50. The van der Waals surface area contributed by atoms with E-state index in [4.69, 9.17) is 5.11 Å². The Morgan fingerprint density at radius 1 is 1.62 bits per heavy atom. The Balaban J connectivity index is 2.81. The van der Waals surface area contributed by atoms with Crippen LogP contribution in [0.2, 0.25) is 0 Å². The fourth-order valence-electron chi connectivity index (χ4n) is 0.727. The molecule has 1 rings (SSSR count). The van der Waals surface area contributed by atoms with Crippen molar-refractivity contribution >= 4 is 17.5 Å². The number of rotatable bonds is 1. The summed E-state index contributed by atoms with van der Waals surface area (Å²) in [6.07, 6.45) is 0.318. The molecule has 5 heteroatoms. The second-order valence-corrected chi connectivity index (χ2v) is 4.60. The first-order valence-electron chi connectivity index (χ1n) is 3.76. The van der Waals surface area contributed by atoms with Gasteiger partial charge in [-0.2, -0.15) is 0 Å². The number of nitrogens with zero attached hydrogens (tertiary/aromatic N) is 1. The molecule has 1 N–H and O–H groups in total. The van der Waals surface area contributed by atoms with Crippen molar-refractivity contribution < 1.29 is 14.6 Å². The lowest BCUT2D eigenvalue weighted by Crippen LogP contribution is -2.07. The van der Waals surface area contributed by atoms with Crippen LogP contribution in [0, 0.1) is 0 Å². The zero-order valence-corrected chi connectivity index (χ0v) is 8.51. The standard InChI is InChI=1S/C8H11NO3S/c1-8(2,3)5-4-9-6(13-5)12-7(10)11/h4H,1-3H3,(H,10,11). The molecule has 0 aromatic carbocycles. The van der Waals surface area contributed by atoms with E-state index in [-0.39, 0.29) is 10.6 Å². The number of hydrogen-bond acceptors (Lipinski definition) is 4. The van der Waals surface area contributed by atoms with Crippen molar-refractivity contribution in [2.75, 3.05) is 0 Å². The van der Waals surface area contributed by atoms with Gasteiger partial charge < -0.3 is 9.84 Å². The first-order valence-corrected chi connectivity index (χ1v) is 4.58. The van der Waals surface area contributed by atoms with Crippen molar-refractivity contribution in [3.05, 3.63) is 11.1 Å². The van der Waals surface area contributed by atoms with Crippen LogP contribution in [0.3, 0.4) is 0 Å². The number of aromatic nitrogens is 1. The summed E-state index contributed by atoms with van der Waals surface area (Å²) in [6.45, 7) is 6.10. The first kappa shape index (κ1) is 9.98. The Morgan fingerprint density at radius 3 is 2.62 bits per heavy atom. The average molecular weight is 201 g/mol. The van der Waals surface area contributed by atoms with Gasteiger partial charge in [0.2, 0.25) is 0 Å². The number of thiazole rings is 1. The normalized spacial score (nSPS) is 11.3. The molecule has 0 spiro atoms. The van der Waals surface area contributed by atoms with Gasteiger partial charge in [-0.1, -0.05) is 32.1 Å². The van der Waals surface area contributed by atoms with Gasteiger partial charge in [0.15, 0.2) is 0 Å². The Hall–Kier alpha value is -1.10. The van der Waals surface area contributed by atoms with Crippen LogP contribution in [-0.4, -0.2) is 16.2 Å². The van der Waals surface area contributed by atoms with Crippen LogP contribution in [0.5, 0.6) is 5.19 Å². The van der Waals surface area contributed by atoms with E-state index >= 15 is 0 Å². The molecule has 1 aromatic rings. The molecule has 1 heterocycles. The smallest absolute Gasteiger partial charge is 0.449 e. The van der Waals surface area contributed by atoms with Crippen molar-refractivity contribution in [2.24, 2.45) is 0 Å². The second kappa shape index (κ2) is 3.33. The van der Waals surface area contributed by atoms with Crippen LogP contribution in [0.4, 0.5) is 4.79 Å². The average Bonchev–Trinajstić information content (AvgIpc) is 2.32. The summed E-state index contributed by atoms with van der Waals surface area (Å²) in [4.78, 5) is 15.0. The minimum atomic E-state index is -1.32. The maximum Gasteiger partial charge on any atom is 0.513 e. The molecule has 4 nitrogen and oxygen atoms in total. The fraction of sp³-hybridized carbons (Fsp3) is 0.500. The monoisotopic (exact) mass is 201 g/mol. The van der Waals surface area contributed by atoms with E-state index in [0.717, 1.165) is 4.88 Å². The fourth-order valence-corrected chi connectivity index (χ4v) is 1.54. The third-order valence-corrected chi connectivity index (χ3v) is 2.70. The molecule has 0 aliphatic rings. The van der Waals surface area contributed by atoms with Gasteiger partial charge in [-0.05, 0) is 5.41 Å². The first-order chi connectivity index (χ1) is 5.89. The SMILES string of the molecule is CC(C)(C)c1cnc(OC(=O)O)s1. The summed E-state index contributed by atoms with van der Waals surface area (Å²) in [6, 6.07) is 0. The maximum atomic E-state index is 10.2. The van der Waals surface area contributed by atoms with Crippen LogP contribution in [0.25, 0.3) is 0 Å². The van der Waals surface area contributed by atoms with E-state index in [2.05, 4.69) is 9.72 Å².